The molecule has 0 radical (unpaired) electrons. The Balaban J connectivity index is 1.78. The van der Waals surface area contributed by atoms with Crippen molar-refractivity contribution in [3.8, 4) is 22.9 Å². The Kier molecular flexibility index (Phi) is 5.35. The number of carbonyl (C=O) groups excluding carboxylic acids is 2. The molecular weight excluding hydrogens is 362 g/mol. The van der Waals surface area contributed by atoms with Crippen LogP contribution in [0.2, 0.25) is 0 Å². The topological polar surface area (TPSA) is 121 Å². The molecule has 0 atom stereocenters. The normalized spacial score (nSPS) is 10.7. The number of H-pyrrole nitrogens is 1. The summed E-state index contributed by atoms with van der Waals surface area (Å²) < 4.78 is 5.13. The maximum absolute atomic E-state index is 12.7. The van der Waals surface area contributed by atoms with E-state index in [2.05, 4.69) is 20.2 Å². The van der Waals surface area contributed by atoms with Crippen LogP contribution in [0.4, 0.5) is 5.95 Å². The molecule has 2 heterocycles. The number of phenols is 1. The third-order valence-electron chi connectivity index (χ3n) is 3.92. The van der Waals surface area contributed by atoms with Gasteiger partial charge in [0.1, 0.15) is 11.5 Å². The molecule has 9 nitrogen and oxygen atoms in total. The number of hydrogen-bond donors (Lipinski definition) is 2. The molecule has 0 spiro atoms. The molecule has 0 unspecified atom stereocenters. The standard InChI is InChI=1S/C19H19N5O4/c1-11(2)18(27)28-13-4-5-14(15(25)10-13)17(26)24(3)19-21-16(22-23-19)12-6-8-20-9-7-12/h4-11,25H,1-3H3,(H,21,22,23). The lowest BCUT2D eigenvalue weighted by Crippen LogP contribution is -2.27. The van der Waals surface area contributed by atoms with Gasteiger partial charge in [0.2, 0.25) is 5.95 Å². The van der Waals surface area contributed by atoms with Gasteiger partial charge in [0, 0.05) is 31.1 Å². The summed E-state index contributed by atoms with van der Waals surface area (Å²) in [5.41, 5.74) is 0.784. The Morgan fingerprint density at radius 1 is 1.18 bits per heavy atom. The van der Waals surface area contributed by atoms with Gasteiger partial charge in [-0.3, -0.25) is 19.5 Å². The van der Waals surface area contributed by atoms with Gasteiger partial charge >= 0.3 is 5.97 Å². The molecule has 0 aliphatic carbocycles. The number of hydrogen-bond acceptors (Lipinski definition) is 7. The first-order valence-corrected chi connectivity index (χ1v) is 8.52. The summed E-state index contributed by atoms with van der Waals surface area (Å²) in [5.74, 6) is -0.758. The summed E-state index contributed by atoms with van der Waals surface area (Å²) in [6.07, 6.45) is 3.23. The van der Waals surface area contributed by atoms with Crippen molar-refractivity contribution in [1.82, 2.24) is 20.2 Å². The van der Waals surface area contributed by atoms with Gasteiger partial charge in [-0.05, 0) is 24.3 Å². The van der Waals surface area contributed by atoms with Crippen LogP contribution in [-0.2, 0) is 4.79 Å². The number of amides is 1. The van der Waals surface area contributed by atoms with Crippen molar-refractivity contribution in [3.63, 3.8) is 0 Å². The first kappa shape index (κ1) is 19.0. The second kappa shape index (κ2) is 7.87. The van der Waals surface area contributed by atoms with Crippen LogP contribution in [0.5, 0.6) is 11.5 Å². The molecule has 0 saturated carbocycles. The number of ether oxygens (including phenoxy) is 1. The lowest BCUT2D eigenvalue weighted by atomic mass is 10.1. The molecule has 144 valence electrons. The monoisotopic (exact) mass is 381 g/mol. The number of esters is 1. The summed E-state index contributed by atoms with van der Waals surface area (Å²) in [5, 5.41) is 17.0. The zero-order valence-electron chi connectivity index (χ0n) is 15.6. The Bertz CT molecular complexity index is 1000. The van der Waals surface area contributed by atoms with E-state index in [1.54, 1.807) is 38.4 Å². The fourth-order valence-electron chi connectivity index (χ4n) is 2.30. The van der Waals surface area contributed by atoms with Crippen molar-refractivity contribution in [1.29, 1.82) is 0 Å². The Morgan fingerprint density at radius 2 is 1.89 bits per heavy atom. The highest BCUT2D eigenvalue weighted by Gasteiger charge is 2.21. The number of aromatic amines is 1. The average molecular weight is 381 g/mol. The van der Waals surface area contributed by atoms with E-state index in [0.29, 0.717) is 5.82 Å². The van der Waals surface area contributed by atoms with E-state index in [1.807, 2.05) is 0 Å². The van der Waals surface area contributed by atoms with Gasteiger partial charge in [0.05, 0.1) is 11.5 Å². The second-order valence-corrected chi connectivity index (χ2v) is 6.34. The fraction of sp³-hybridized carbons (Fsp3) is 0.211. The first-order valence-electron chi connectivity index (χ1n) is 8.52. The highest BCUT2D eigenvalue weighted by atomic mass is 16.5. The quantitative estimate of drug-likeness (QED) is 0.514. The third kappa shape index (κ3) is 3.98. The van der Waals surface area contributed by atoms with Crippen molar-refractivity contribution in [2.24, 2.45) is 5.92 Å². The third-order valence-corrected chi connectivity index (χ3v) is 3.92. The number of nitrogens with zero attached hydrogens (tertiary/aromatic N) is 4. The van der Waals surface area contributed by atoms with Crippen LogP contribution < -0.4 is 9.64 Å². The van der Waals surface area contributed by atoms with Crippen LogP contribution in [0.3, 0.4) is 0 Å². The average Bonchev–Trinajstić information content (AvgIpc) is 3.18. The van der Waals surface area contributed by atoms with Gasteiger partial charge in [0.15, 0.2) is 5.82 Å². The minimum atomic E-state index is -0.503. The number of phenolic OH excluding ortho intramolecular Hbond substituents is 1. The molecule has 0 bridgehead atoms. The smallest absolute Gasteiger partial charge is 0.313 e. The lowest BCUT2D eigenvalue weighted by Gasteiger charge is -2.15. The second-order valence-electron chi connectivity index (χ2n) is 6.34. The fourth-order valence-corrected chi connectivity index (χ4v) is 2.30. The zero-order chi connectivity index (χ0) is 20.3. The largest absolute Gasteiger partial charge is 0.507 e. The van der Waals surface area contributed by atoms with E-state index in [1.165, 1.54) is 30.1 Å². The van der Waals surface area contributed by atoms with Crippen molar-refractivity contribution in [2.45, 2.75) is 13.8 Å². The minimum Gasteiger partial charge on any atom is -0.507 e. The molecule has 0 fully saturated rings. The summed E-state index contributed by atoms with van der Waals surface area (Å²) in [7, 11) is 1.51. The van der Waals surface area contributed by atoms with Crippen LogP contribution in [-0.4, -0.2) is 44.2 Å². The van der Waals surface area contributed by atoms with Gasteiger partial charge in [0.25, 0.3) is 5.91 Å². The number of aromatic hydroxyl groups is 1. The zero-order valence-corrected chi connectivity index (χ0v) is 15.6. The van der Waals surface area contributed by atoms with Crippen molar-refractivity contribution in [2.75, 3.05) is 11.9 Å². The van der Waals surface area contributed by atoms with Crippen molar-refractivity contribution in [3.05, 3.63) is 48.3 Å². The van der Waals surface area contributed by atoms with E-state index in [4.69, 9.17) is 4.74 Å². The maximum atomic E-state index is 12.7. The van der Waals surface area contributed by atoms with Gasteiger partial charge in [-0.1, -0.05) is 13.8 Å². The van der Waals surface area contributed by atoms with Gasteiger partial charge in [-0.15, -0.1) is 0 Å². The molecule has 0 saturated heterocycles. The molecule has 28 heavy (non-hydrogen) atoms. The molecule has 0 aliphatic heterocycles. The molecule has 3 aromatic rings. The molecule has 0 aliphatic rings. The molecule has 1 aromatic carbocycles. The lowest BCUT2D eigenvalue weighted by molar-refractivity contribution is -0.137. The van der Waals surface area contributed by atoms with Crippen LogP contribution >= 0.6 is 0 Å². The number of nitrogens with one attached hydrogen (secondary N) is 1. The van der Waals surface area contributed by atoms with Crippen LogP contribution in [0.15, 0.2) is 42.7 Å². The molecule has 3 rings (SSSR count). The number of aromatic nitrogens is 4. The predicted octanol–water partition coefficient (Wildman–Crippen LogP) is 2.41. The molecular formula is C19H19N5O4. The summed E-state index contributed by atoms with van der Waals surface area (Å²) in [6, 6.07) is 7.56. The van der Waals surface area contributed by atoms with Crippen molar-refractivity contribution >= 4 is 17.8 Å². The van der Waals surface area contributed by atoms with Crippen molar-refractivity contribution < 1.29 is 19.4 Å². The van der Waals surface area contributed by atoms with E-state index in [0.717, 1.165) is 5.56 Å². The molecule has 1 amide bonds. The van der Waals surface area contributed by atoms with E-state index in [-0.39, 0.29) is 28.9 Å². The Morgan fingerprint density at radius 3 is 2.54 bits per heavy atom. The Labute approximate surface area is 161 Å². The predicted molar refractivity (Wildman–Crippen MR) is 101 cm³/mol. The molecule has 9 heteroatoms. The van der Waals surface area contributed by atoms with E-state index >= 15 is 0 Å². The highest BCUT2D eigenvalue weighted by Crippen LogP contribution is 2.26. The summed E-state index contributed by atoms with van der Waals surface area (Å²) in [4.78, 5) is 33.8. The Hall–Kier alpha value is -3.75. The van der Waals surface area contributed by atoms with Crippen LogP contribution in [0.1, 0.15) is 24.2 Å². The molecule has 2 aromatic heterocycles. The van der Waals surface area contributed by atoms with E-state index in [9.17, 15) is 14.7 Å². The van der Waals surface area contributed by atoms with Crippen LogP contribution in [0, 0.1) is 5.92 Å². The number of anilines is 1. The number of carbonyl (C=O) groups is 2. The SMILES string of the molecule is CC(C)C(=O)Oc1ccc(C(=O)N(C)c2nc(-c3ccncc3)n[nH]2)c(O)c1. The van der Waals surface area contributed by atoms with Gasteiger partial charge in [-0.2, -0.15) is 10.1 Å². The van der Waals surface area contributed by atoms with Gasteiger partial charge < -0.3 is 9.84 Å². The minimum absolute atomic E-state index is 0.0358. The number of pyridine rings is 1. The summed E-state index contributed by atoms with van der Waals surface area (Å²) in [6.45, 7) is 3.40. The number of benzene rings is 1. The summed E-state index contributed by atoms with van der Waals surface area (Å²) >= 11 is 0. The van der Waals surface area contributed by atoms with E-state index < -0.39 is 11.9 Å². The van der Waals surface area contributed by atoms with Gasteiger partial charge in [-0.25, -0.2) is 5.10 Å². The molecule has 2 N–H and O–H groups in total. The maximum Gasteiger partial charge on any atom is 0.313 e. The highest BCUT2D eigenvalue weighted by molar-refractivity contribution is 6.06. The van der Waals surface area contributed by atoms with Crippen LogP contribution in [0.25, 0.3) is 11.4 Å². The first-order chi connectivity index (χ1) is 13.4. The number of rotatable bonds is 5.